The maximum Gasteiger partial charge on any atom is 0.198 e. The molecule has 0 aromatic heterocycles. The number of benzene rings is 2. The van der Waals surface area contributed by atoms with Crippen molar-refractivity contribution in [2.24, 2.45) is 10.7 Å². The van der Waals surface area contributed by atoms with Crippen molar-refractivity contribution in [2.45, 2.75) is 21.3 Å². The molecule has 0 fully saturated rings. The molecule has 0 aliphatic heterocycles. The van der Waals surface area contributed by atoms with Crippen LogP contribution in [-0.2, 0) is 0 Å². The van der Waals surface area contributed by atoms with Crippen LogP contribution in [0.25, 0.3) is 0 Å². The van der Waals surface area contributed by atoms with Gasteiger partial charge in [0.25, 0.3) is 0 Å². The van der Waals surface area contributed by atoms with Crippen LogP contribution in [0.1, 0.15) is 18.6 Å². The SMILES string of the molecule is C.Cc1ccccc1N=C(N)Nc1ccccc1C. The lowest BCUT2D eigenvalue weighted by molar-refractivity contribution is 1.36. The minimum Gasteiger partial charge on any atom is -0.369 e. The molecule has 0 atom stereocenters. The Hall–Kier alpha value is -2.29. The highest BCUT2D eigenvalue weighted by atomic mass is 15.1. The first-order valence-corrected chi connectivity index (χ1v) is 5.89. The molecule has 0 spiro atoms. The van der Waals surface area contributed by atoms with Crippen LogP contribution in [0.2, 0.25) is 0 Å². The third-order valence-electron chi connectivity index (χ3n) is 2.76. The number of aliphatic imine (C=N–C) groups is 1. The number of nitrogens with two attached hydrogens (primary N) is 1. The van der Waals surface area contributed by atoms with Crippen LogP contribution in [0.5, 0.6) is 0 Å². The van der Waals surface area contributed by atoms with E-state index in [0.29, 0.717) is 5.96 Å². The molecule has 0 bridgehead atoms. The first-order valence-electron chi connectivity index (χ1n) is 5.89. The van der Waals surface area contributed by atoms with Crippen LogP contribution in [0.3, 0.4) is 0 Å². The molecular formula is C16H21N3. The Morgan fingerprint density at radius 3 is 2.16 bits per heavy atom. The van der Waals surface area contributed by atoms with E-state index in [2.05, 4.69) is 10.3 Å². The van der Waals surface area contributed by atoms with Gasteiger partial charge in [-0.05, 0) is 37.1 Å². The zero-order valence-electron chi connectivity index (χ0n) is 10.6. The van der Waals surface area contributed by atoms with Crippen molar-refractivity contribution in [1.82, 2.24) is 0 Å². The molecule has 2 rings (SSSR count). The van der Waals surface area contributed by atoms with Gasteiger partial charge in [-0.15, -0.1) is 0 Å². The van der Waals surface area contributed by atoms with Gasteiger partial charge in [0.1, 0.15) is 0 Å². The fraction of sp³-hybridized carbons (Fsp3) is 0.188. The molecule has 2 aromatic carbocycles. The Morgan fingerprint density at radius 1 is 0.947 bits per heavy atom. The molecule has 100 valence electrons. The smallest absolute Gasteiger partial charge is 0.198 e. The highest BCUT2D eigenvalue weighted by molar-refractivity contribution is 5.94. The van der Waals surface area contributed by atoms with E-state index in [4.69, 9.17) is 5.73 Å². The minimum absolute atomic E-state index is 0. The molecule has 0 unspecified atom stereocenters. The monoisotopic (exact) mass is 255 g/mol. The second-order valence-corrected chi connectivity index (χ2v) is 4.22. The maximum atomic E-state index is 5.91. The topological polar surface area (TPSA) is 50.4 Å². The summed E-state index contributed by atoms with van der Waals surface area (Å²) < 4.78 is 0. The lowest BCUT2D eigenvalue weighted by atomic mass is 10.2. The van der Waals surface area contributed by atoms with Gasteiger partial charge in [0.05, 0.1) is 5.69 Å². The number of rotatable bonds is 2. The summed E-state index contributed by atoms with van der Waals surface area (Å²) in [7, 11) is 0. The third-order valence-corrected chi connectivity index (χ3v) is 2.76. The van der Waals surface area contributed by atoms with Gasteiger partial charge >= 0.3 is 0 Å². The van der Waals surface area contributed by atoms with Crippen molar-refractivity contribution < 1.29 is 0 Å². The third kappa shape index (κ3) is 3.85. The summed E-state index contributed by atoms with van der Waals surface area (Å²) in [6.07, 6.45) is 0. The second-order valence-electron chi connectivity index (χ2n) is 4.22. The zero-order valence-corrected chi connectivity index (χ0v) is 10.6. The summed E-state index contributed by atoms with van der Waals surface area (Å²) in [6.45, 7) is 4.04. The molecule has 0 radical (unpaired) electrons. The van der Waals surface area contributed by atoms with Crippen molar-refractivity contribution in [2.75, 3.05) is 5.32 Å². The van der Waals surface area contributed by atoms with Gasteiger partial charge in [-0.3, -0.25) is 0 Å². The van der Waals surface area contributed by atoms with E-state index in [9.17, 15) is 0 Å². The summed E-state index contributed by atoms with van der Waals surface area (Å²) in [5.74, 6) is 0.401. The summed E-state index contributed by atoms with van der Waals surface area (Å²) in [5.41, 5.74) is 10.0. The van der Waals surface area contributed by atoms with E-state index < -0.39 is 0 Å². The highest BCUT2D eigenvalue weighted by Crippen LogP contribution is 2.18. The van der Waals surface area contributed by atoms with Crippen LogP contribution < -0.4 is 11.1 Å². The van der Waals surface area contributed by atoms with E-state index in [1.165, 1.54) is 0 Å². The standard InChI is InChI=1S/C15H17N3.CH4/c1-11-7-3-5-9-13(11)17-15(16)18-14-10-6-4-8-12(14)2;/h3-10H,1-2H3,(H3,16,17,18);1H4. The molecule has 0 heterocycles. The molecular weight excluding hydrogens is 234 g/mol. The average Bonchev–Trinajstić information content (AvgIpc) is 2.35. The number of nitrogens with one attached hydrogen (secondary N) is 1. The summed E-state index contributed by atoms with van der Waals surface area (Å²) in [4.78, 5) is 4.38. The van der Waals surface area contributed by atoms with Crippen molar-refractivity contribution >= 4 is 17.3 Å². The van der Waals surface area contributed by atoms with E-state index in [0.717, 1.165) is 22.5 Å². The van der Waals surface area contributed by atoms with Gasteiger partial charge < -0.3 is 11.1 Å². The maximum absolute atomic E-state index is 5.91. The number of nitrogens with zero attached hydrogens (tertiary/aromatic N) is 1. The van der Waals surface area contributed by atoms with Gasteiger partial charge in [-0.1, -0.05) is 43.8 Å². The van der Waals surface area contributed by atoms with Crippen molar-refractivity contribution in [1.29, 1.82) is 0 Å². The average molecular weight is 255 g/mol. The summed E-state index contributed by atoms with van der Waals surface area (Å²) in [6, 6.07) is 15.9. The normalized spacial score (nSPS) is 10.7. The quantitative estimate of drug-likeness (QED) is 0.629. The molecule has 3 heteroatoms. The highest BCUT2D eigenvalue weighted by Gasteiger charge is 1.99. The van der Waals surface area contributed by atoms with E-state index in [1.807, 2.05) is 62.4 Å². The molecule has 0 aliphatic rings. The molecule has 0 aliphatic carbocycles. The van der Waals surface area contributed by atoms with Gasteiger partial charge in [0.15, 0.2) is 5.96 Å². The first-order chi connectivity index (χ1) is 8.66. The fourth-order valence-corrected chi connectivity index (χ4v) is 1.70. The number of para-hydroxylation sites is 2. The summed E-state index contributed by atoms with van der Waals surface area (Å²) in [5, 5.41) is 3.11. The van der Waals surface area contributed by atoms with Gasteiger partial charge in [0.2, 0.25) is 0 Å². The second kappa shape index (κ2) is 6.59. The minimum atomic E-state index is 0. The predicted molar refractivity (Wildman–Crippen MR) is 84.0 cm³/mol. The van der Waals surface area contributed by atoms with Crippen molar-refractivity contribution in [3.63, 3.8) is 0 Å². The van der Waals surface area contributed by atoms with E-state index in [1.54, 1.807) is 0 Å². The van der Waals surface area contributed by atoms with Gasteiger partial charge in [0, 0.05) is 5.69 Å². The molecule has 0 amide bonds. The van der Waals surface area contributed by atoms with Gasteiger partial charge in [-0.2, -0.15) is 0 Å². The van der Waals surface area contributed by atoms with Crippen molar-refractivity contribution in [3.8, 4) is 0 Å². The number of hydrogen-bond acceptors (Lipinski definition) is 1. The largest absolute Gasteiger partial charge is 0.369 e. The lowest BCUT2D eigenvalue weighted by Gasteiger charge is -2.08. The lowest BCUT2D eigenvalue weighted by Crippen LogP contribution is -2.22. The first kappa shape index (κ1) is 14.8. The molecule has 0 saturated heterocycles. The Morgan fingerprint density at radius 2 is 1.53 bits per heavy atom. The van der Waals surface area contributed by atoms with Crippen LogP contribution in [0, 0.1) is 13.8 Å². The molecule has 19 heavy (non-hydrogen) atoms. The Balaban J connectivity index is 0.00000180. The Labute approximate surface area is 115 Å². The zero-order chi connectivity index (χ0) is 13.0. The number of hydrogen-bond donors (Lipinski definition) is 2. The summed E-state index contributed by atoms with van der Waals surface area (Å²) >= 11 is 0. The Bertz CT molecular complexity index is 574. The molecule has 3 nitrogen and oxygen atoms in total. The van der Waals surface area contributed by atoms with E-state index >= 15 is 0 Å². The molecule has 2 aromatic rings. The number of guanidine groups is 1. The molecule has 3 N–H and O–H groups in total. The van der Waals surface area contributed by atoms with Gasteiger partial charge in [-0.25, -0.2) is 4.99 Å². The van der Waals surface area contributed by atoms with E-state index in [-0.39, 0.29) is 7.43 Å². The fourth-order valence-electron chi connectivity index (χ4n) is 1.70. The Kier molecular flexibility index (Phi) is 5.12. The van der Waals surface area contributed by atoms with Crippen LogP contribution in [0.4, 0.5) is 11.4 Å². The van der Waals surface area contributed by atoms with Crippen LogP contribution in [0.15, 0.2) is 53.5 Å². The number of aryl methyl sites for hydroxylation is 2. The predicted octanol–water partition coefficient (Wildman–Crippen LogP) is 4.00. The molecule has 0 saturated carbocycles. The number of anilines is 1. The van der Waals surface area contributed by atoms with Crippen molar-refractivity contribution in [3.05, 3.63) is 59.7 Å². The van der Waals surface area contributed by atoms with Crippen LogP contribution >= 0.6 is 0 Å². The van der Waals surface area contributed by atoms with Crippen LogP contribution in [-0.4, -0.2) is 5.96 Å².